The number of anilines is 1. The lowest BCUT2D eigenvalue weighted by Gasteiger charge is -2.27. The number of urea groups is 1. The zero-order chi connectivity index (χ0) is 13.7. The van der Waals surface area contributed by atoms with Crippen LogP contribution < -0.4 is 5.32 Å². The summed E-state index contributed by atoms with van der Waals surface area (Å²) in [6.07, 6.45) is 3.24. The second-order valence-electron chi connectivity index (χ2n) is 4.52. The summed E-state index contributed by atoms with van der Waals surface area (Å²) >= 11 is 0. The average molecular weight is 262 g/mol. The van der Waals surface area contributed by atoms with Crippen molar-refractivity contribution in [2.75, 3.05) is 25.5 Å². The number of nitrogens with zero attached hydrogens (tertiary/aromatic N) is 1. The molecule has 0 aromatic heterocycles. The Morgan fingerprint density at radius 2 is 1.84 bits per heavy atom. The summed E-state index contributed by atoms with van der Waals surface area (Å²) in [5.41, 5.74) is 0.861. The Hall–Kier alpha value is -2.04. The molecule has 1 aliphatic heterocycles. The summed E-state index contributed by atoms with van der Waals surface area (Å²) in [7, 11) is 1.32. The van der Waals surface area contributed by atoms with Gasteiger partial charge in [-0.15, -0.1) is 0 Å². The smallest absolute Gasteiger partial charge is 0.339 e. The van der Waals surface area contributed by atoms with Crippen molar-refractivity contribution in [2.24, 2.45) is 0 Å². The summed E-state index contributed by atoms with van der Waals surface area (Å²) in [4.78, 5) is 25.5. The van der Waals surface area contributed by atoms with Crippen LogP contribution in [-0.2, 0) is 4.74 Å². The number of likely N-dealkylation sites (tertiary alicyclic amines) is 1. The number of nitrogens with one attached hydrogen (secondary N) is 1. The van der Waals surface area contributed by atoms with Crippen LogP contribution in [-0.4, -0.2) is 37.1 Å². The van der Waals surface area contributed by atoms with Gasteiger partial charge in [0.1, 0.15) is 0 Å². The van der Waals surface area contributed by atoms with Crippen LogP contribution in [0.2, 0.25) is 0 Å². The van der Waals surface area contributed by atoms with Gasteiger partial charge in [0.25, 0.3) is 0 Å². The molecule has 1 fully saturated rings. The minimum atomic E-state index is -0.449. The van der Waals surface area contributed by atoms with E-state index in [1.165, 1.54) is 13.5 Å². The normalized spacial score (nSPS) is 14.9. The molecule has 102 valence electrons. The Morgan fingerprint density at radius 1 is 1.16 bits per heavy atom. The number of benzene rings is 1. The molecule has 1 aromatic rings. The van der Waals surface area contributed by atoms with E-state index in [0.717, 1.165) is 25.9 Å². The summed E-state index contributed by atoms with van der Waals surface area (Å²) in [5.74, 6) is -0.449. The maximum Gasteiger partial charge on any atom is 0.339 e. The first-order chi connectivity index (χ1) is 9.22. The molecule has 19 heavy (non-hydrogen) atoms. The van der Waals surface area contributed by atoms with Crippen molar-refractivity contribution in [3.63, 3.8) is 0 Å². The van der Waals surface area contributed by atoms with E-state index in [1.807, 2.05) is 0 Å². The van der Waals surface area contributed by atoms with Crippen LogP contribution in [0.15, 0.2) is 24.3 Å². The Labute approximate surface area is 112 Å². The number of ether oxygens (including phenoxy) is 1. The molecule has 1 N–H and O–H groups in total. The van der Waals surface area contributed by atoms with Gasteiger partial charge in [-0.25, -0.2) is 9.59 Å². The predicted octanol–water partition coefficient (Wildman–Crippen LogP) is 2.49. The van der Waals surface area contributed by atoms with E-state index in [9.17, 15) is 9.59 Å². The van der Waals surface area contributed by atoms with Gasteiger partial charge < -0.3 is 15.0 Å². The van der Waals surface area contributed by atoms with Crippen LogP contribution in [0.4, 0.5) is 10.5 Å². The number of hydrogen-bond donors (Lipinski definition) is 1. The van der Waals surface area contributed by atoms with E-state index in [-0.39, 0.29) is 6.03 Å². The lowest BCUT2D eigenvalue weighted by molar-refractivity contribution is 0.0602. The molecule has 2 amide bonds. The summed E-state index contributed by atoms with van der Waals surface area (Å²) in [5, 5.41) is 2.78. The number of amides is 2. The molecule has 2 rings (SSSR count). The van der Waals surface area contributed by atoms with Gasteiger partial charge in [0.05, 0.1) is 18.4 Å². The monoisotopic (exact) mass is 262 g/mol. The molecule has 0 radical (unpaired) electrons. The largest absolute Gasteiger partial charge is 0.465 e. The molecule has 1 saturated heterocycles. The lowest BCUT2D eigenvalue weighted by atomic mass is 10.1. The van der Waals surface area contributed by atoms with Crippen molar-refractivity contribution in [3.05, 3.63) is 29.8 Å². The van der Waals surface area contributed by atoms with Crippen molar-refractivity contribution in [1.82, 2.24) is 4.90 Å². The van der Waals surface area contributed by atoms with Crippen molar-refractivity contribution in [1.29, 1.82) is 0 Å². The van der Waals surface area contributed by atoms with Crippen LogP contribution in [0.1, 0.15) is 29.6 Å². The second kappa shape index (κ2) is 6.22. The third-order valence-corrected chi connectivity index (χ3v) is 3.22. The van der Waals surface area contributed by atoms with Gasteiger partial charge in [0.15, 0.2) is 0 Å². The van der Waals surface area contributed by atoms with Crippen molar-refractivity contribution >= 4 is 17.7 Å². The van der Waals surface area contributed by atoms with E-state index in [0.29, 0.717) is 11.3 Å². The summed E-state index contributed by atoms with van der Waals surface area (Å²) in [6.45, 7) is 1.54. The molecule has 0 aliphatic carbocycles. The minimum absolute atomic E-state index is 0.156. The van der Waals surface area contributed by atoms with Gasteiger partial charge in [-0.2, -0.15) is 0 Å². The van der Waals surface area contributed by atoms with Gasteiger partial charge in [-0.3, -0.25) is 0 Å². The molecule has 0 spiro atoms. The molecule has 5 nitrogen and oxygen atoms in total. The highest BCUT2D eigenvalue weighted by Crippen LogP contribution is 2.17. The minimum Gasteiger partial charge on any atom is -0.465 e. The third-order valence-electron chi connectivity index (χ3n) is 3.22. The molecular weight excluding hydrogens is 244 g/mol. The summed E-state index contributed by atoms with van der Waals surface area (Å²) in [6, 6.07) is 6.70. The fourth-order valence-electron chi connectivity index (χ4n) is 2.17. The molecule has 0 atom stereocenters. The molecule has 0 bridgehead atoms. The topological polar surface area (TPSA) is 58.6 Å². The van der Waals surface area contributed by atoms with Crippen LogP contribution in [0.3, 0.4) is 0 Å². The number of rotatable bonds is 2. The van der Waals surface area contributed by atoms with Crippen LogP contribution >= 0.6 is 0 Å². The highest BCUT2D eigenvalue weighted by atomic mass is 16.5. The Kier molecular flexibility index (Phi) is 4.39. The maximum atomic E-state index is 12.1. The lowest BCUT2D eigenvalue weighted by Crippen LogP contribution is -2.39. The molecular formula is C14H18N2O3. The average Bonchev–Trinajstić information content (AvgIpc) is 2.48. The standard InChI is InChI=1S/C14H18N2O3/c1-19-13(17)11-7-3-4-8-12(11)15-14(18)16-9-5-2-6-10-16/h3-4,7-8H,2,5-6,9-10H2,1H3,(H,15,18). The zero-order valence-electron chi connectivity index (χ0n) is 11.0. The molecule has 5 heteroatoms. The van der Waals surface area contributed by atoms with E-state index < -0.39 is 5.97 Å². The number of piperidine rings is 1. The highest BCUT2D eigenvalue weighted by Gasteiger charge is 2.19. The molecule has 1 heterocycles. The first-order valence-electron chi connectivity index (χ1n) is 6.45. The van der Waals surface area contributed by atoms with Gasteiger partial charge in [0.2, 0.25) is 0 Å². The van der Waals surface area contributed by atoms with E-state index >= 15 is 0 Å². The van der Waals surface area contributed by atoms with E-state index in [1.54, 1.807) is 29.2 Å². The highest BCUT2D eigenvalue weighted by molar-refractivity contribution is 6.00. The van der Waals surface area contributed by atoms with Crippen LogP contribution in [0, 0.1) is 0 Å². The third kappa shape index (κ3) is 3.24. The number of carbonyl (C=O) groups excluding carboxylic acids is 2. The summed E-state index contributed by atoms with van der Waals surface area (Å²) < 4.78 is 4.70. The number of esters is 1. The quantitative estimate of drug-likeness (QED) is 0.833. The van der Waals surface area contributed by atoms with Crippen molar-refractivity contribution in [2.45, 2.75) is 19.3 Å². The van der Waals surface area contributed by atoms with Crippen LogP contribution in [0.25, 0.3) is 0 Å². The fraction of sp³-hybridized carbons (Fsp3) is 0.429. The molecule has 0 unspecified atom stereocenters. The molecule has 1 aliphatic rings. The van der Waals surface area contributed by atoms with Gasteiger partial charge in [-0.05, 0) is 31.4 Å². The fourth-order valence-corrected chi connectivity index (χ4v) is 2.17. The Bertz CT molecular complexity index is 468. The molecule has 1 aromatic carbocycles. The molecule has 0 saturated carbocycles. The van der Waals surface area contributed by atoms with E-state index in [2.05, 4.69) is 5.32 Å². The zero-order valence-corrected chi connectivity index (χ0v) is 11.0. The van der Waals surface area contributed by atoms with Crippen molar-refractivity contribution in [3.8, 4) is 0 Å². The predicted molar refractivity (Wildman–Crippen MR) is 72.2 cm³/mol. The number of hydrogen-bond acceptors (Lipinski definition) is 3. The van der Waals surface area contributed by atoms with Crippen LogP contribution in [0.5, 0.6) is 0 Å². The Morgan fingerprint density at radius 3 is 2.53 bits per heavy atom. The van der Waals surface area contributed by atoms with Gasteiger partial charge >= 0.3 is 12.0 Å². The number of methoxy groups -OCH3 is 1. The number of carbonyl (C=O) groups is 2. The SMILES string of the molecule is COC(=O)c1ccccc1NC(=O)N1CCCCC1. The Balaban J connectivity index is 2.09. The first-order valence-corrected chi connectivity index (χ1v) is 6.45. The second-order valence-corrected chi connectivity index (χ2v) is 4.52. The van der Waals surface area contributed by atoms with Crippen molar-refractivity contribution < 1.29 is 14.3 Å². The maximum absolute atomic E-state index is 12.1. The van der Waals surface area contributed by atoms with Gasteiger partial charge in [0, 0.05) is 13.1 Å². The number of para-hydroxylation sites is 1. The van der Waals surface area contributed by atoms with Gasteiger partial charge in [-0.1, -0.05) is 12.1 Å². The first kappa shape index (κ1) is 13.4. The van der Waals surface area contributed by atoms with E-state index in [4.69, 9.17) is 4.74 Å².